The largest absolute Gasteiger partial charge is 0.507 e. The summed E-state index contributed by atoms with van der Waals surface area (Å²) < 4.78 is 30.3. The molecule has 0 aliphatic carbocycles. The second-order valence-corrected chi connectivity index (χ2v) is 24.2. The predicted octanol–water partition coefficient (Wildman–Crippen LogP) is 19.1. The molecule has 0 saturated carbocycles. The van der Waals surface area contributed by atoms with Gasteiger partial charge in [0.2, 0.25) is 0 Å². The first-order valence-electron chi connectivity index (χ1n) is 27.9. The van der Waals surface area contributed by atoms with Gasteiger partial charge in [-0.1, -0.05) is 182 Å². The fourth-order valence-corrected chi connectivity index (χ4v) is 10.5. The van der Waals surface area contributed by atoms with Crippen LogP contribution in [0.25, 0.3) is 72.7 Å². The van der Waals surface area contributed by atoms with Crippen LogP contribution in [-0.4, -0.2) is 19.6 Å². The zero-order chi connectivity index (χ0) is 54.8. The lowest BCUT2D eigenvalue weighted by Crippen LogP contribution is -2.25. The summed E-state index contributed by atoms with van der Waals surface area (Å²) in [5.41, 5.74) is 16.1. The van der Waals surface area contributed by atoms with Gasteiger partial charge >= 0.3 is 0 Å². The molecule has 0 unspecified atom stereocenters. The topological polar surface area (TPSA) is 50.9 Å². The van der Waals surface area contributed by atoms with E-state index >= 15 is 0 Å². The Labute approximate surface area is 437 Å². The van der Waals surface area contributed by atoms with Gasteiger partial charge in [-0.05, 0) is 171 Å². The van der Waals surface area contributed by atoms with E-state index in [0.717, 1.165) is 92.5 Å². The van der Waals surface area contributed by atoms with Gasteiger partial charge in [-0.3, -0.25) is 9.55 Å². The molecule has 0 atom stereocenters. The molecule has 6 aromatic carbocycles. The van der Waals surface area contributed by atoms with E-state index in [1.165, 1.54) is 16.7 Å². The van der Waals surface area contributed by atoms with Crippen molar-refractivity contribution < 1.29 is 9.22 Å². The highest BCUT2D eigenvalue weighted by atomic mass is 16.3. The Morgan fingerprint density at radius 1 is 0.528 bits per heavy atom. The number of benzene rings is 6. The van der Waals surface area contributed by atoms with Gasteiger partial charge in [0.15, 0.2) is 0 Å². The van der Waals surface area contributed by atoms with Crippen molar-refractivity contribution in [2.75, 3.05) is 0 Å². The molecule has 2 aromatic heterocycles. The molecule has 0 bridgehead atoms. The number of nitrogens with zero attached hydrogens (tertiary/aromatic N) is 3. The van der Waals surface area contributed by atoms with Crippen LogP contribution in [-0.2, 0) is 27.1 Å². The van der Waals surface area contributed by atoms with Crippen LogP contribution in [0.3, 0.4) is 0 Å². The molecule has 0 radical (unpaired) electrons. The minimum Gasteiger partial charge on any atom is -0.507 e. The average Bonchev–Trinajstić information content (AvgIpc) is 3.76. The maximum absolute atomic E-state index is 12.7. The van der Waals surface area contributed by atoms with E-state index in [1.54, 1.807) is 0 Å². The van der Waals surface area contributed by atoms with Crippen molar-refractivity contribution in [1.82, 2.24) is 14.5 Å². The number of pyridine rings is 1. The van der Waals surface area contributed by atoms with E-state index in [9.17, 15) is 9.22 Å². The summed E-state index contributed by atoms with van der Waals surface area (Å²) in [5, 5.41) is 12.7. The summed E-state index contributed by atoms with van der Waals surface area (Å²) in [6.45, 7) is 32.9. The Morgan fingerprint density at radius 3 is 1.69 bits per heavy atom. The highest BCUT2D eigenvalue weighted by Crippen LogP contribution is 2.48. The van der Waals surface area contributed by atoms with E-state index in [-0.39, 0.29) is 33.0 Å². The SMILES string of the molecule is [2H]C([2H])([2H])c1cc(-c2c(C(C)(CC)CC)cccc2C(C)(CC)CC)ccc1-n1c(-c2cc(C(C)(C)C)cc(C(C)(C)C)c2O)nc2c(-c3cc(-c4cc(-c5ccc(C)cc5)ccn4)cc(C(C)(C)C)c3)cccc21. The normalized spacial score (nSPS) is 13.6. The van der Waals surface area contributed by atoms with Gasteiger partial charge in [-0.25, -0.2) is 4.98 Å². The number of fused-ring (bicyclic) bond motifs is 1. The predicted molar refractivity (Wildman–Crippen MR) is 309 cm³/mol. The summed E-state index contributed by atoms with van der Waals surface area (Å²) in [4.78, 5) is 10.6. The van der Waals surface area contributed by atoms with Gasteiger partial charge in [-0.2, -0.15) is 0 Å². The number of hydrogen-bond donors (Lipinski definition) is 1. The maximum Gasteiger partial charge on any atom is 0.149 e. The molecule has 0 amide bonds. The first kappa shape index (κ1) is 48.0. The molecule has 4 heteroatoms. The van der Waals surface area contributed by atoms with E-state index in [2.05, 4.69) is 208 Å². The molecule has 0 aliphatic heterocycles. The fraction of sp³-hybridized carbons (Fsp3) is 0.382. The molecule has 1 N–H and O–H groups in total. The molecule has 0 fully saturated rings. The number of phenols is 1. The van der Waals surface area contributed by atoms with Crippen LogP contribution in [0.1, 0.15) is 173 Å². The molecule has 4 nitrogen and oxygen atoms in total. The Balaban J connectivity index is 1.48. The number of hydrogen-bond acceptors (Lipinski definition) is 3. The number of aryl methyl sites for hydroxylation is 2. The third kappa shape index (κ3) is 9.71. The van der Waals surface area contributed by atoms with Crippen LogP contribution < -0.4 is 0 Å². The average molecular weight is 959 g/mol. The van der Waals surface area contributed by atoms with Crippen molar-refractivity contribution in [3.63, 3.8) is 0 Å². The summed E-state index contributed by atoms with van der Waals surface area (Å²) in [6.07, 6.45) is 5.65. The second-order valence-electron chi connectivity index (χ2n) is 24.2. The number of aromatic nitrogens is 3. The minimum absolute atomic E-state index is 0.132. The number of imidazole rings is 1. The van der Waals surface area contributed by atoms with Crippen LogP contribution in [0.5, 0.6) is 5.75 Å². The smallest absolute Gasteiger partial charge is 0.149 e. The molecule has 0 aliphatic rings. The van der Waals surface area contributed by atoms with Gasteiger partial charge in [0.1, 0.15) is 11.6 Å². The van der Waals surface area contributed by atoms with Crippen molar-refractivity contribution in [2.45, 2.75) is 170 Å². The first-order chi connectivity index (χ1) is 35.1. The van der Waals surface area contributed by atoms with Crippen LogP contribution >= 0.6 is 0 Å². The second kappa shape index (κ2) is 19.3. The van der Waals surface area contributed by atoms with Crippen molar-refractivity contribution in [1.29, 1.82) is 0 Å². The van der Waals surface area contributed by atoms with Gasteiger partial charge in [0.05, 0.1) is 28.0 Å². The third-order valence-corrected chi connectivity index (χ3v) is 16.3. The van der Waals surface area contributed by atoms with E-state index in [0.29, 0.717) is 22.6 Å². The van der Waals surface area contributed by atoms with Crippen molar-refractivity contribution in [3.05, 3.63) is 166 Å². The molecule has 0 spiro atoms. The lowest BCUT2D eigenvalue weighted by atomic mass is 9.68. The summed E-state index contributed by atoms with van der Waals surface area (Å²) in [6, 6.07) is 42.7. The number of phenolic OH excluding ortho intramolecular Hbond substituents is 1. The molecule has 0 saturated heterocycles. The zero-order valence-electron chi connectivity index (χ0n) is 49.2. The van der Waals surface area contributed by atoms with E-state index < -0.39 is 12.3 Å². The van der Waals surface area contributed by atoms with Crippen LogP contribution in [0.4, 0.5) is 0 Å². The molecular formula is C68H81N3O. The summed E-state index contributed by atoms with van der Waals surface area (Å²) in [5.74, 6) is 0.604. The highest BCUT2D eigenvalue weighted by molar-refractivity contribution is 5.97. The van der Waals surface area contributed by atoms with Crippen molar-refractivity contribution in [3.8, 4) is 67.5 Å². The maximum atomic E-state index is 12.7. The van der Waals surface area contributed by atoms with E-state index in [4.69, 9.17) is 9.97 Å². The van der Waals surface area contributed by atoms with Gasteiger partial charge in [0, 0.05) is 27.0 Å². The number of para-hydroxylation sites is 1. The lowest BCUT2D eigenvalue weighted by Gasteiger charge is -2.36. The lowest BCUT2D eigenvalue weighted by molar-refractivity contribution is 0.426. The van der Waals surface area contributed by atoms with Crippen LogP contribution in [0, 0.1) is 13.8 Å². The Kier molecular flexibility index (Phi) is 12.9. The summed E-state index contributed by atoms with van der Waals surface area (Å²) in [7, 11) is 0. The van der Waals surface area contributed by atoms with Crippen molar-refractivity contribution in [2.24, 2.45) is 0 Å². The van der Waals surface area contributed by atoms with Gasteiger partial charge in [0.25, 0.3) is 0 Å². The molecule has 72 heavy (non-hydrogen) atoms. The molecule has 2 heterocycles. The number of aromatic hydroxyl groups is 1. The Hall–Kier alpha value is -6.26. The van der Waals surface area contributed by atoms with E-state index in [1.807, 2.05) is 35.0 Å². The number of rotatable bonds is 12. The minimum atomic E-state index is -2.54. The zero-order valence-corrected chi connectivity index (χ0v) is 46.2. The van der Waals surface area contributed by atoms with Crippen LogP contribution in [0.15, 0.2) is 128 Å². The fourth-order valence-electron chi connectivity index (χ4n) is 10.5. The van der Waals surface area contributed by atoms with Crippen molar-refractivity contribution >= 4 is 11.0 Å². The monoisotopic (exact) mass is 959 g/mol. The quantitative estimate of drug-likeness (QED) is 0.133. The Bertz CT molecular complexity index is 3360. The van der Waals surface area contributed by atoms with Gasteiger partial charge in [-0.15, -0.1) is 0 Å². The molecule has 8 aromatic rings. The molecule has 8 rings (SSSR count). The first-order valence-corrected chi connectivity index (χ1v) is 26.4. The molecule has 374 valence electrons. The third-order valence-electron chi connectivity index (χ3n) is 16.3. The Morgan fingerprint density at radius 2 is 1.11 bits per heavy atom. The van der Waals surface area contributed by atoms with Crippen LogP contribution in [0.2, 0.25) is 0 Å². The standard InChI is InChI=1S/C68H81N3O/c1-18-67(16,19-2)54-25-23-26-55(68(17,20-3)21-4)60(54)47-32-33-58(44(6)36-47)71-59-27-22-24-52(61(59)70-63(71)53-41-51(65(10,11)12)42-56(62(53)72)66(13,14)15)48-37-49(39-50(38-48)64(7,8)9)57-40-46(34-35-69-57)45-30-28-43(5)29-31-45/h22-42,72H,18-21H2,1-17H3/i6D3. The highest BCUT2D eigenvalue weighted by Gasteiger charge is 2.34. The summed E-state index contributed by atoms with van der Waals surface area (Å²) >= 11 is 0. The molecular weight excluding hydrogens is 875 g/mol. The van der Waals surface area contributed by atoms with Gasteiger partial charge < -0.3 is 5.11 Å².